The van der Waals surface area contributed by atoms with Crippen LogP contribution in [0.5, 0.6) is 0 Å². The summed E-state index contributed by atoms with van der Waals surface area (Å²) >= 11 is 0. The molecule has 74 valence electrons. The summed E-state index contributed by atoms with van der Waals surface area (Å²) in [6.07, 6.45) is 1.58. The van der Waals surface area contributed by atoms with Gasteiger partial charge in [0.15, 0.2) is 11.4 Å². The average Bonchev–Trinajstić information content (AvgIpc) is 2.65. The Hall–Kier alpha value is -2.10. The Bertz CT molecular complexity index is 673. The molecule has 4 nitrogen and oxygen atoms in total. The van der Waals surface area contributed by atoms with Crippen LogP contribution in [0.25, 0.3) is 16.7 Å². The summed E-state index contributed by atoms with van der Waals surface area (Å²) in [6, 6.07) is 3.38. The van der Waals surface area contributed by atoms with E-state index in [1.807, 2.05) is 6.92 Å². The van der Waals surface area contributed by atoms with E-state index in [1.165, 1.54) is 0 Å². The van der Waals surface area contributed by atoms with Crippen molar-refractivity contribution in [2.45, 2.75) is 6.92 Å². The molecular weight excluding hydrogens is 194 g/mol. The zero-order valence-electron chi connectivity index (χ0n) is 7.96. The van der Waals surface area contributed by atoms with Gasteiger partial charge in [-0.1, -0.05) is 0 Å². The monoisotopic (exact) mass is 201 g/mol. The molecule has 4 heteroatoms. The number of rotatable bonds is 0. The molecule has 0 spiro atoms. The van der Waals surface area contributed by atoms with Crippen molar-refractivity contribution < 1.29 is 9.21 Å². The van der Waals surface area contributed by atoms with Crippen molar-refractivity contribution in [2.24, 2.45) is 0 Å². The molecular formula is C11H7NO3. The van der Waals surface area contributed by atoms with Crippen LogP contribution >= 0.6 is 0 Å². The van der Waals surface area contributed by atoms with E-state index in [0.29, 0.717) is 16.7 Å². The predicted octanol–water partition coefficient (Wildman–Crippen LogP) is 1.72. The van der Waals surface area contributed by atoms with Crippen molar-refractivity contribution in [1.29, 1.82) is 0 Å². The first-order valence-corrected chi connectivity index (χ1v) is 4.55. The molecule has 0 atom stereocenters. The third kappa shape index (κ3) is 1.01. The number of H-pyrrole nitrogens is 1. The second kappa shape index (κ2) is 2.48. The van der Waals surface area contributed by atoms with Gasteiger partial charge in [0.1, 0.15) is 0 Å². The minimum Gasteiger partial charge on any atom is -0.408 e. The fraction of sp³-hybridized carbons (Fsp3) is 0.0909. The lowest BCUT2D eigenvalue weighted by atomic mass is 10.1. The summed E-state index contributed by atoms with van der Waals surface area (Å²) in [5, 5.41) is 0. The lowest BCUT2D eigenvalue weighted by molar-refractivity contribution is 0.105. The fourth-order valence-electron chi connectivity index (χ4n) is 1.88. The van der Waals surface area contributed by atoms with Crippen LogP contribution in [0.4, 0.5) is 0 Å². The van der Waals surface area contributed by atoms with Gasteiger partial charge in [0.2, 0.25) is 0 Å². The highest BCUT2D eigenvalue weighted by atomic mass is 16.4. The second-order valence-electron chi connectivity index (χ2n) is 3.60. The number of fused-ring (bicyclic) bond motifs is 2. The first-order valence-electron chi connectivity index (χ1n) is 4.55. The standard InChI is InChI=1S/C11H7NO3/c1-5-2-9(13)7-4-10-8(3-6(5)7)12-11(14)15-10/h2-4H,1H3,(H,12,14). The van der Waals surface area contributed by atoms with E-state index in [-0.39, 0.29) is 5.78 Å². The zero-order valence-corrected chi connectivity index (χ0v) is 7.96. The molecule has 1 N–H and O–H groups in total. The van der Waals surface area contributed by atoms with Gasteiger partial charge in [-0.15, -0.1) is 0 Å². The van der Waals surface area contributed by atoms with Gasteiger partial charge >= 0.3 is 5.76 Å². The van der Waals surface area contributed by atoms with Crippen LogP contribution in [0.3, 0.4) is 0 Å². The molecule has 1 heterocycles. The van der Waals surface area contributed by atoms with E-state index in [1.54, 1.807) is 18.2 Å². The number of carbonyl (C=O) groups excluding carboxylic acids is 1. The summed E-state index contributed by atoms with van der Waals surface area (Å²) in [5.74, 6) is -0.531. The number of benzene rings is 1. The Balaban J connectivity index is 2.45. The average molecular weight is 201 g/mol. The van der Waals surface area contributed by atoms with E-state index in [0.717, 1.165) is 11.1 Å². The number of allylic oxidation sites excluding steroid dienone is 2. The van der Waals surface area contributed by atoms with Gasteiger partial charge in [-0.05, 0) is 36.3 Å². The molecule has 0 unspecified atom stereocenters. The van der Waals surface area contributed by atoms with Crippen LogP contribution in [0, 0.1) is 0 Å². The lowest BCUT2D eigenvalue weighted by Crippen LogP contribution is -1.93. The van der Waals surface area contributed by atoms with E-state index in [2.05, 4.69) is 4.98 Å². The number of aromatic nitrogens is 1. The van der Waals surface area contributed by atoms with Gasteiger partial charge in [0.05, 0.1) is 5.52 Å². The van der Waals surface area contributed by atoms with E-state index < -0.39 is 5.76 Å². The first-order chi connectivity index (χ1) is 7.15. The summed E-state index contributed by atoms with van der Waals surface area (Å²) < 4.78 is 4.89. The van der Waals surface area contributed by atoms with Crippen molar-refractivity contribution in [3.8, 4) is 0 Å². The topological polar surface area (TPSA) is 63.1 Å². The number of hydrogen-bond acceptors (Lipinski definition) is 3. The van der Waals surface area contributed by atoms with Gasteiger partial charge in [-0.3, -0.25) is 9.78 Å². The van der Waals surface area contributed by atoms with E-state index in [9.17, 15) is 9.59 Å². The highest BCUT2D eigenvalue weighted by Crippen LogP contribution is 2.29. The van der Waals surface area contributed by atoms with Gasteiger partial charge in [0.25, 0.3) is 0 Å². The molecule has 2 aromatic rings. The Morgan fingerprint density at radius 3 is 2.80 bits per heavy atom. The Morgan fingerprint density at radius 2 is 2.00 bits per heavy atom. The summed E-state index contributed by atoms with van der Waals surface area (Å²) in [4.78, 5) is 25.0. The molecule has 0 fully saturated rings. The Kier molecular flexibility index (Phi) is 1.36. The van der Waals surface area contributed by atoms with Crippen LogP contribution in [0.15, 0.2) is 27.4 Å². The van der Waals surface area contributed by atoms with Crippen LogP contribution in [-0.2, 0) is 0 Å². The van der Waals surface area contributed by atoms with Crippen molar-refractivity contribution in [3.63, 3.8) is 0 Å². The molecule has 1 aromatic carbocycles. The minimum absolute atomic E-state index is 0.0340. The molecule has 3 rings (SSSR count). The molecule has 0 saturated heterocycles. The van der Waals surface area contributed by atoms with Crippen molar-refractivity contribution in [1.82, 2.24) is 4.98 Å². The zero-order chi connectivity index (χ0) is 10.6. The highest BCUT2D eigenvalue weighted by Gasteiger charge is 2.20. The number of nitrogens with one attached hydrogen (secondary N) is 1. The van der Waals surface area contributed by atoms with Gasteiger partial charge in [0, 0.05) is 5.56 Å². The summed E-state index contributed by atoms with van der Waals surface area (Å²) in [7, 11) is 0. The van der Waals surface area contributed by atoms with Crippen molar-refractivity contribution in [2.75, 3.05) is 0 Å². The van der Waals surface area contributed by atoms with Gasteiger partial charge in [-0.25, -0.2) is 4.79 Å². The van der Waals surface area contributed by atoms with Crippen LogP contribution in [0.1, 0.15) is 22.8 Å². The number of ketones is 1. The molecule has 0 aliphatic heterocycles. The largest absolute Gasteiger partial charge is 0.417 e. The number of carbonyl (C=O) groups is 1. The molecule has 1 aromatic heterocycles. The molecule has 0 saturated carbocycles. The SMILES string of the molecule is CC1=CC(=O)c2cc3oc(=O)[nH]c3cc21. The lowest BCUT2D eigenvalue weighted by Gasteiger charge is -1.98. The molecule has 1 aliphatic rings. The molecule has 1 aliphatic carbocycles. The van der Waals surface area contributed by atoms with Crippen LogP contribution in [0.2, 0.25) is 0 Å². The number of aromatic amines is 1. The molecule has 0 amide bonds. The number of hydrogen-bond donors (Lipinski definition) is 1. The smallest absolute Gasteiger partial charge is 0.408 e. The van der Waals surface area contributed by atoms with Crippen molar-refractivity contribution >= 4 is 22.5 Å². The number of oxazole rings is 1. The summed E-state index contributed by atoms with van der Waals surface area (Å²) in [5.41, 5.74) is 3.43. The first kappa shape index (κ1) is 8.23. The van der Waals surface area contributed by atoms with Gasteiger partial charge < -0.3 is 4.42 Å². The van der Waals surface area contributed by atoms with Crippen molar-refractivity contribution in [3.05, 3.63) is 39.9 Å². The third-order valence-corrected chi connectivity index (χ3v) is 2.60. The molecule has 15 heavy (non-hydrogen) atoms. The van der Waals surface area contributed by atoms with E-state index in [4.69, 9.17) is 4.42 Å². The predicted molar refractivity (Wildman–Crippen MR) is 54.8 cm³/mol. The summed E-state index contributed by atoms with van der Waals surface area (Å²) in [6.45, 7) is 1.87. The van der Waals surface area contributed by atoms with Gasteiger partial charge in [-0.2, -0.15) is 0 Å². The second-order valence-corrected chi connectivity index (χ2v) is 3.60. The van der Waals surface area contributed by atoms with Crippen LogP contribution < -0.4 is 5.76 Å². The Labute approximate surface area is 84.2 Å². The van der Waals surface area contributed by atoms with Crippen LogP contribution in [-0.4, -0.2) is 10.8 Å². The Morgan fingerprint density at radius 1 is 1.20 bits per heavy atom. The maximum Gasteiger partial charge on any atom is 0.417 e. The third-order valence-electron chi connectivity index (χ3n) is 2.60. The molecule has 0 radical (unpaired) electrons. The van der Waals surface area contributed by atoms with E-state index >= 15 is 0 Å². The normalized spacial score (nSPS) is 14.5. The maximum atomic E-state index is 11.5. The quantitative estimate of drug-likeness (QED) is 0.705. The maximum absolute atomic E-state index is 11.5. The minimum atomic E-state index is -0.497. The highest BCUT2D eigenvalue weighted by molar-refractivity contribution is 6.17. The fourth-order valence-corrected chi connectivity index (χ4v) is 1.88. The molecule has 0 bridgehead atoms.